The highest BCUT2D eigenvalue weighted by molar-refractivity contribution is 6.12. The van der Waals surface area contributed by atoms with Crippen molar-refractivity contribution in [3.05, 3.63) is 137 Å². The van der Waals surface area contributed by atoms with Gasteiger partial charge in [0.1, 0.15) is 18.0 Å². The summed E-state index contributed by atoms with van der Waals surface area (Å²) in [7, 11) is 0. The summed E-state index contributed by atoms with van der Waals surface area (Å²) in [4.78, 5) is 26.6. The number of hydrogen-bond acceptors (Lipinski definition) is 9. The number of aryl methyl sites for hydroxylation is 1. The summed E-state index contributed by atoms with van der Waals surface area (Å²) in [6.45, 7) is 17.3. The molecule has 2 atom stereocenters. The molecule has 1 fully saturated rings. The molecule has 2 heterocycles. The molecular formula is C56H71FN2O9. The number of carbonyl (C=O) groups is 2. The van der Waals surface area contributed by atoms with Gasteiger partial charge in [0, 0.05) is 43.1 Å². The minimum atomic E-state index is -0.784. The van der Waals surface area contributed by atoms with Crippen LogP contribution in [-0.4, -0.2) is 86.3 Å². The molecular weight excluding hydrogens is 864 g/mol. The number of halogens is 1. The number of carbonyl (C=O) groups excluding carboxylic acids is 2. The van der Waals surface area contributed by atoms with Crippen LogP contribution >= 0.6 is 0 Å². The van der Waals surface area contributed by atoms with Crippen LogP contribution in [0.1, 0.15) is 107 Å². The molecule has 5 aromatic rings. The van der Waals surface area contributed by atoms with E-state index in [1.165, 1.54) is 12.1 Å². The SMILES string of the molecule is CC(C)c1c(C(=O)Nc2ccc(CCCOCCOCCOCC(=O)OC(C)(C)C)cc2)c(-c2ccccc2)c(-c2ccc(F)cc2)n1CC[C@@H]1C[C@H](CCOCc2ccccc2)OC(C)(C)O1. The summed E-state index contributed by atoms with van der Waals surface area (Å²) >= 11 is 0. The highest BCUT2D eigenvalue weighted by Crippen LogP contribution is 2.43. The number of ether oxygens (including phenoxy) is 7. The summed E-state index contributed by atoms with van der Waals surface area (Å²) < 4.78 is 57.7. The van der Waals surface area contributed by atoms with Crippen molar-refractivity contribution in [1.82, 2.24) is 4.57 Å². The van der Waals surface area contributed by atoms with E-state index in [0.29, 0.717) is 76.9 Å². The van der Waals surface area contributed by atoms with Gasteiger partial charge in [-0.3, -0.25) is 4.79 Å². The van der Waals surface area contributed by atoms with Crippen LogP contribution in [0.15, 0.2) is 109 Å². The van der Waals surface area contributed by atoms with E-state index in [-0.39, 0.29) is 36.5 Å². The van der Waals surface area contributed by atoms with E-state index < -0.39 is 17.4 Å². The number of nitrogens with zero attached hydrogens (tertiary/aromatic N) is 1. The molecule has 0 radical (unpaired) electrons. The molecule has 0 unspecified atom stereocenters. The Labute approximate surface area is 402 Å². The van der Waals surface area contributed by atoms with Crippen LogP contribution in [0.2, 0.25) is 0 Å². The standard InChI is InChI=1S/C56H71FN2O9/c1-40(2)52-51(54(61)58-46-26-20-41(21-27-46)17-14-31-62-33-34-63-35-36-65-39-49(60)68-55(3,4)5)50(43-18-12-9-13-19-43)53(44-22-24-45(57)25-23-44)59(52)30-28-47-37-48(67-56(6,7)66-47)29-32-64-38-42-15-10-8-11-16-42/h8-13,15-16,18-27,40,47-48H,14,17,28-39H2,1-7H3,(H,58,61)/t47-,48+/m1/s1. The van der Waals surface area contributed by atoms with Crippen LogP contribution < -0.4 is 5.32 Å². The maximum absolute atomic E-state index is 14.9. The minimum Gasteiger partial charge on any atom is -0.458 e. The predicted molar refractivity (Wildman–Crippen MR) is 264 cm³/mol. The molecule has 68 heavy (non-hydrogen) atoms. The lowest BCUT2D eigenvalue weighted by atomic mass is 9.94. The molecule has 0 spiro atoms. The number of anilines is 1. The third kappa shape index (κ3) is 16.2. The Hall–Kier alpha value is -5.21. The van der Waals surface area contributed by atoms with Gasteiger partial charge in [-0.05, 0) is 125 Å². The molecule has 0 saturated carbocycles. The van der Waals surface area contributed by atoms with Gasteiger partial charge in [0.25, 0.3) is 5.91 Å². The van der Waals surface area contributed by atoms with Gasteiger partial charge in [0.15, 0.2) is 5.79 Å². The molecule has 4 aromatic carbocycles. The lowest BCUT2D eigenvalue weighted by molar-refractivity contribution is -0.302. The molecule has 1 aromatic heterocycles. The average Bonchev–Trinajstić information content (AvgIpc) is 3.65. The third-order valence-corrected chi connectivity index (χ3v) is 11.4. The van der Waals surface area contributed by atoms with Crippen LogP contribution in [0.4, 0.5) is 10.1 Å². The molecule has 1 N–H and O–H groups in total. The van der Waals surface area contributed by atoms with E-state index in [1.807, 2.05) is 107 Å². The van der Waals surface area contributed by atoms with Crippen molar-refractivity contribution in [2.75, 3.05) is 51.6 Å². The normalized spacial score (nSPS) is 16.0. The largest absolute Gasteiger partial charge is 0.458 e. The van der Waals surface area contributed by atoms with Gasteiger partial charge in [-0.15, -0.1) is 0 Å². The summed E-state index contributed by atoms with van der Waals surface area (Å²) in [5.41, 5.74) is 7.26. The second-order valence-electron chi connectivity index (χ2n) is 19.0. The first kappa shape index (κ1) is 52.2. The highest BCUT2D eigenvalue weighted by Gasteiger charge is 2.36. The van der Waals surface area contributed by atoms with E-state index in [4.69, 9.17) is 33.2 Å². The Morgan fingerprint density at radius 1 is 0.735 bits per heavy atom. The fraction of sp³-hybridized carbons (Fsp3) is 0.464. The Morgan fingerprint density at radius 2 is 1.35 bits per heavy atom. The number of rotatable bonds is 25. The van der Waals surface area contributed by atoms with Crippen LogP contribution in [0.3, 0.4) is 0 Å². The van der Waals surface area contributed by atoms with Gasteiger partial charge < -0.3 is 43.0 Å². The maximum atomic E-state index is 14.9. The zero-order valence-electron chi connectivity index (χ0n) is 41.0. The first-order valence-corrected chi connectivity index (χ1v) is 24.1. The fourth-order valence-corrected chi connectivity index (χ4v) is 8.61. The zero-order chi connectivity index (χ0) is 48.5. The molecule has 1 saturated heterocycles. The summed E-state index contributed by atoms with van der Waals surface area (Å²) in [5.74, 6) is -1.77. The Balaban J connectivity index is 1.11. The number of esters is 1. The van der Waals surface area contributed by atoms with E-state index in [2.05, 4.69) is 35.9 Å². The quantitative estimate of drug-likeness (QED) is 0.0451. The number of amides is 1. The first-order valence-electron chi connectivity index (χ1n) is 24.1. The van der Waals surface area contributed by atoms with Crippen molar-refractivity contribution >= 4 is 17.6 Å². The molecule has 366 valence electrons. The van der Waals surface area contributed by atoms with Gasteiger partial charge >= 0.3 is 5.97 Å². The lowest BCUT2D eigenvalue weighted by Gasteiger charge is -2.41. The summed E-state index contributed by atoms with van der Waals surface area (Å²) in [5, 5.41) is 3.24. The highest BCUT2D eigenvalue weighted by atomic mass is 19.1. The molecule has 6 rings (SSSR count). The van der Waals surface area contributed by atoms with Crippen LogP contribution in [-0.2, 0) is 57.5 Å². The summed E-state index contributed by atoms with van der Waals surface area (Å²) in [6, 6.07) is 34.6. The van der Waals surface area contributed by atoms with E-state index in [9.17, 15) is 14.0 Å². The van der Waals surface area contributed by atoms with Crippen LogP contribution in [0.5, 0.6) is 0 Å². The maximum Gasteiger partial charge on any atom is 0.332 e. The van der Waals surface area contributed by atoms with Crippen LogP contribution in [0.25, 0.3) is 22.4 Å². The number of hydrogen-bond donors (Lipinski definition) is 1. The minimum absolute atomic E-state index is 0.0463. The summed E-state index contributed by atoms with van der Waals surface area (Å²) in [6.07, 6.45) is 3.58. The molecule has 0 aliphatic carbocycles. The smallest absolute Gasteiger partial charge is 0.332 e. The van der Waals surface area contributed by atoms with E-state index >= 15 is 0 Å². The molecule has 1 aliphatic heterocycles. The monoisotopic (exact) mass is 935 g/mol. The molecule has 11 nitrogen and oxygen atoms in total. The first-order chi connectivity index (χ1) is 32.7. The van der Waals surface area contributed by atoms with Crippen molar-refractivity contribution < 1.29 is 47.1 Å². The second-order valence-corrected chi connectivity index (χ2v) is 19.0. The molecule has 0 bridgehead atoms. The Morgan fingerprint density at radius 3 is 2.00 bits per heavy atom. The molecule has 1 aliphatic rings. The van der Waals surface area contributed by atoms with E-state index in [1.54, 1.807) is 12.1 Å². The van der Waals surface area contributed by atoms with Crippen molar-refractivity contribution in [2.45, 2.75) is 123 Å². The van der Waals surface area contributed by atoms with Gasteiger partial charge in [-0.25, -0.2) is 9.18 Å². The van der Waals surface area contributed by atoms with E-state index in [0.717, 1.165) is 58.5 Å². The zero-order valence-corrected chi connectivity index (χ0v) is 41.0. The number of benzene rings is 4. The topological polar surface area (TPSA) is 116 Å². The van der Waals surface area contributed by atoms with Crippen molar-refractivity contribution in [3.8, 4) is 22.4 Å². The van der Waals surface area contributed by atoms with Crippen molar-refractivity contribution in [2.24, 2.45) is 0 Å². The Bertz CT molecular complexity index is 2310. The van der Waals surface area contributed by atoms with Gasteiger partial charge in [-0.2, -0.15) is 0 Å². The third-order valence-electron chi connectivity index (χ3n) is 11.4. The Kier molecular flexibility index (Phi) is 19.5. The van der Waals surface area contributed by atoms with Crippen LogP contribution in [0, 0.1) is 5.82 Å². The molecule has 1 amide bonds. The van der Waals surface area contributed by atoms with Gasteiger partial charge in [-0.1, -0.05) is 86.6 Å². The van der Waals surface area contributed by atoms with Gasteiger partial charge in [0.2, 0.25) is 0 Å². The number of aromatic nitrogens is 1. The van der Waals surface area contributed by atoms with Crippen molar-refractivity contribution in [3.63, 3.8) is 0 Å². The average molecular weight is 935 g/mol. The predicted octanol–water partition coefficient (Wildman–Crippen LogP) is 11.6. The lowest BCUT2D eigenvalue weighted by Crippen LogP contribution is -2.45. The number of nitrogens with one attached hydrogen (secondary N) is 1. The van der Waals surface area contributed by atoms with Crippen molar-refractivity contribution in [1.29, 1.82) is 0 Å². The second kappa shape index (κ2) is 25.4. The molecule has 12 heteroatoms. The van der Waals surface area contributed by atoms with Gasteiger partial charge in [0.05, 0.1) is 56.5 Å². The fourth-order valence-electron chi connectivity index (χ4n) is 8.61.